The van der Waals surface area contributed by atoms with E-state index >= 15 is 0 Å². The highest BCUT2D eigenvalue weighted by Gasteiger charge is 2.62. The van der Waals surface area contributed by atoms with Gasteiger partial charge in [-0.25, -0.2) is 4.68 Å². The number of fused-ring (bicyclic) bond motifs is 3. The summed E-state index contributed by atoms with van der Waals surface area (Å²) in [7, 11) is 0. The van der Waals surface area contributed by atoms with E-state index in [0.29, 0.717) is 0 Å². The fourth-order valence-electron chi connectivity index (χ4n) is 2.94. The maximum Gasteiger partial charge on any atom is 0.263 e. The zero-order valence-electron chi connectivity index (χ0n) is 11.1. The van der Waals surface area contributed by atoms with Crippen molar-refractivity contribution in [1.82, 2.24) is 19.7 Å². The van der Waals surface area contributed by atoms with E-state index in [1.165, 1.54) is 10.9 Å². The largest absolute Gasteiger partial charge is 0.387 e. The maximum atomic E-state index is 11.8. The van der Waals surface area contributed by atoms with Gasteiger partial charge in [-0.3, -0.25) is 9.78 Å². The van der Waals surface area contributed by atoms with Gasteiger partial charge in [0, 0.05) is 0 Å². The van der Waals surface area contributed by atoms with E-state index in [-0.39, 0.29) is 35.8 Å². The van der Waals surface area contributed by atoms with Crippen LogP contribution in [0.1, 0.15) is 6.23 Å². The van der Waals surface area contributed by atoms with Crippen molar-refractivity contribution in [2.75, 3.05) is 18.9 Å². The first-order valence-electron chi connectivity index (χ1n) is 6.50. The molecule has 0 amide bonds. The highest BCUT2D eigenvalue weighted by atomic mass is 127. The summed E-state index contributed by atoms with van der Waals surface area (Å²) < 4.78 is 18.0. The molecule has 0 aliphatic carbocycles. The number of anilines is 1. The molecule has 4 atom stereocenters. The summed E-state index contributed by atoms with van der Waals surface area (Å²) >= 11 is 1.74. The molecule has 2 aromatic rings. The Labute approximate surface area is 137 Å². The van der Waals surface area contributed by atoms with Crippen LogP contribution in [-0.4, -0.2) is 55.9 Å². The van der Waals surface area contributed by atoms with Crippen LogP contribution in [0.2, 0.25) is 0 Å². The zero-order chi connectivity index (χ0) is 15.5. The van der Waals surface area contributed by atoms with Gasteiger partial charge in [0.1, 0.15) is 46.2 Å². The third-order valence-electron chi connectivity index (χ3n) is 4.03. The van der Waals surface area contributed by atoms with Crippen LogP contribution >= 0.6 is 23.0 Å². The van der Waals surface area contributed by atoms with Gasteiger partial charge in [0.05, 0.1) is 19.4 Å². The molecule has 22 heavy (non-hydrogen) atoms. The number of rotatable bonds is 3. The number of hydrogen-bond donors (Lipinski definition) is 3. The average molecular weight is 421 g/mol. The van der Waals surface area contributed by atoms with E-state index in [0.717, 1.165) is 0 Å². The zero-order valence-corrected chi connectivity index (χ0v) is 13.3. The fraction of sp³-hybridized carbons (Fsp3) is 0.545. The van der Waals surface area contributed by atoms with Crippen molar-refractivity contribution < 1.29 is 17.6 Å². The minimum Gasteiger partial charge on any atom is -0.387 e. The molecule has 0 saturated carbocycles. The Morgan fingerprint density at radius 3 is 3.27 bits per heavy atom. The number of aliphatic hydroxyl groups is 1. The second-order valence-corrected chi connectivity index (χ2v) is 5.95. The summed E-state index contributed by atoms with van der Waals surface area (Å²) in [6.07, 6.45) is -0.798. The topological polar surface area (TPSA) is 138 Å². The summed E-state index contributed by atoms with van der Waals surface area (Å²) in [5, 5.41) is 14.8. The van der Waals surface area contributed by atoms with Crippen molar-refractivity contribution in [3.8, 4) is 0 Å². The Balaban J connectivity index is 1.80. The third-order valence-corrected chi connectivity index (χ3v) is 4.34. The van der Waals surface area contributed by atoms with Crippen molar-refractivity contribution in [3.05, 3.63) is 16.6 Å². The van der Waals surface area contributed by atoms with Crippen molar-refractivity contribution in [2.45, 2.75) is 24.0 Å². The van der Waals surface area contributed by atoms with Crippen molar-refractivity contribution >= 4 is 40.0 Å². The molecule has 4 heterocycles. The van der Waals surface area contributed by atoms with Gasteiger partial charge in [0.15, 0.2) is 11.9 Å². The number of nitrogens with one attached hydrogen (secondary N) is 1. The predicted octanol–water partition coefficient (Wildman–Crippen LogP) is -0.904. The van der Waals surface area contributed by atoms with Gasteiger partial charge in [-0.1, -0.05) is 0 Å². The average Bonchev–Trinajstić information content (AvgIpc) is 3.09. The molecular formula is C11H12IN5O5. The number of aromatic nitrogens is 4. The highest BCUT2D eigenvalue weighted by molar-refractivity contribution is 14.1. The minimum absolute atomic E-state index is 0.0193. The number of H-pyrrole nitrogens is 1. The molecule has 4 N–H and O–H groups in total. The van der Waals surface area contributed by atoms with Gasteiger partial charge < -0.3 is 23.4 Å². The summed E-state index contributed by atoms with van der Waals surface area (Å²) in [5.41, 5.74) is 4.53. The molecule has 2 fully saturated rings. The van der Waals surface area contributed by atoms with Crippen molar-refractivity contribution in [3.63, 3.8) is 0 Å². The van der Waals surface area contributed by atoms with Crippen LogP contribution in [0.15, 0.2) is 11.0 Å². The van der Waals surface area contributed by atoms with E-state index in [1.54, 1.807) is 23.0 Å². The van der Waals surface area contributed by atoms with Crippen LogP contribution in [0.5, 0.6) is 0 Å². The van der Waals surface area contributed by atoms with Crippen LogP contribution in [0.4, 0.5) is 5.95 Å². The number of aromatic amines is 1. The normalized spacial score (nSPS) is 33.8. The van der Waals surface area contributed by atoms with Gasteiger partial charge in [-0.05, 0) is 0 Å². The smallest absolute Gasteiger partial charge is 0.263 e. The lowest BCUT2D eigenvalue weighted by Gasteiger charge is -2.29. The summed E-state index contributed by atoms with van der Waals surface area (Å²) in [4.78, 5) is 18.3. The van der Waals surface area contributed by atoms with Gasteiger partial charge in [0.2, 0.25) is 5.95 Å². The fourth-order valence-corrected chi connectivity index (χ4v) is 3.47. The first-order valence-corrected chi connectivity index (χ1v) is 7.38. The van der Waals surface area contributed by atoms with E-state index in [9.17, 15) is 9.90 Å². The van der Waals surface area contributed by atoms with Gasteiger partial charge in [-0.15, -0.1) is 0 Å². The molecule has 10 nitrogen and oxygen atoms in total. The molecule has 2 aromatic heterocycles. The minimum atomic E-state index is -0.943. The number of hydrogen-bond acceptors (Lipinski definition) is 8. The predicted molar refractivity (Wildman–Crippen MR) is 81.1 cm³/mol. The molecule has 0 aromatic carbocycles. The van der Waals surface area contributed by atoms with E-state index in [2.05, 4.69) is 15.1 Å². The van der Waals surface area contributed by atoms with Gasteiger partial charge >= 0.3 is 0 Å². The van der Waals surface area contributed by atoms with Crippen LogP contribution in [0.3, 0.4) is 0 Å². The van der Waals surface area contributed by atoms with Crippen LogP contribution in [0, 0.1) is 0 Å². The summed E-state index contributed by atoms with van der Waals surface area (Å²) in [5.74, 6) is -0.0193. The lowest BCUT2D eigenvalue weighted by molar-refractivity contribution is -0.183. The van der Waals surface area contributed by atoms with Crippen LogP contribution in [-0.2, 0) is 12.5 Å². The monoisotopic (exact) mass is 421 g/mol. The molecule has 0 spiro atoms. The van der Waals surface area contributed by atoms with E-state index in [4.69, 9.17) is 18.3 Å². The molecule has 2 aliphatic rings. The SMILES string of the molecule is Nc1nc2c(cnn2[C@@H]2O[C@@]3(COI)COC2C3O)c(=O)[nH]1. The number of nitrogen functional groups attached to an aromatic ring is 1. The Kier molecular flexibility index (Phi) is 3.16. The van der Waals surface area contributed by atoms with Crippen LogP contribution < -0.4 is 11.3 Å². The Hall–Kier alpha value is -1.28. The quantitative estimate of drug-likeness (QED) is 0.543. The number of nitrogens with two attached hydrogens (primary N) is 1. The Morgan fingerprint density at radius 1 is 1.68 bits per heavy atom. The summed E-state index contributed by atoms with van der Waals surface area (Å²) in [6.45, 7) is 0.408. The number of halogens is 1. The molecule has 2 saturated heterocycles. The lowest BCUT2D eigenvalue weighted by atomic mass is 10.0. The molecule has 118 valence electrons. The number of nitrogens with zero attached hydrogens (tertiary/aromatic N) is 3. The molecule has 2 bridgehead atoms. The number of aliphatic hydroxyl groups excluding tert-OH is 1. The molecule has 0 radical (unpaired) electrons. The molecule has 2 unspecified atom stereocenters. The van der Waals surface area contributed by atoms with Crippen molar-refractivity contribution in [1.29, 1.82) is 0 Å². The third kappa shape index (κ3) is 1.83. The first kappa shape index (κ1) is 14.3. The van der Waals surface area contributed by atoms with Crippen molar-refractivity contribution in [2.24, 2.45) is 0 Å². The lowest BCUT2D eigenvalue weighted by Crippen LogP contribution is -2.44. The molecule has 4 rings (SSSR count). The van der Waals surface area contributed by atoms with Gasteiger partial charge in [0.25, 0.3) is 5.56 Å². The van der Waals surface area contributed by atoms with Gasteiger partial charge in [-0.2, -0.15) is 10.1 Å². The summed E-state index contributed by atoms with van der Waals surface area (Å²) in [6, 6.07) is 0. The second-order valence-electron chi connectivity index (χ2n) is 5.32. The van der Waals surface area contributed by atoms with E-state index < -0.39 is 24.0 Å². The molecule has 2 aliphatic heterocycles. The molecular weight excluding hydrogens is 409 g/mol. The second kappa shape index (κ2) is 4.86. The Bertz CT molecular complexity index is 793. The highest BCUT2D eigenvalue weighted by Crippen LogP contribution is 2.45. The van der Waals surface area contributed by atoms with Crippen LogP contribution in [0.25, 0.3) is 11.0 Å². The number of ether oxygens (including phenoxy) is 2. The standard InChI is InChI=1S/C11H12IN5O5/c12-21-3-11-2-20-5(6(11)18)9(22-11)17-7-4(1-14-17)8(19)16-10(13)15-7/h1,5-6,9,18H,2-3H2,(H3,13,15,16,19)/t5?,6?,9-,11-/m1/s1. The Morgan fingerprint density at radius 2 is 2.50 bits per heavy atom. The van der Waals surface area contributed by atoms with E-state index in [1.807, 2.05) is 0 Å². The maximum absolute atomic E-state index is 11.8. The molecule has 11 heteroatoms. The first-order chi connectivity index (χ1) is 10.6.